The summed E-state index contributed by atoms with van der Waals surface area (Å²) in [6.07, 6.45) is 3.67. The van der Waals surface area contributed by atoms with Crippen molar-refractivity contribution in [2.75, 3.05) is 18.4 Å². The van der Waals surface area contributed by atoms with Crippen LogP contribution in [0.1, 0.15) is 25.7 Å². The topological polar surface area (TPSA) is 61.8 Å². The van der Waals surface area contributed by atoms with Gasteiger partial charge >= 0.3 is 0 Å². The van der Waals surface area contributed by atoms with Crippen LogP contribution in [-0.4, -0.2) is 40.2 Å². The molecule has 2 aliphatic heterocycles. The van der Waals surface area contributed by atoms with Gasteiger partial charge in [-0.15, -0.1) is 0 Å². The van der Waals surface area contributed by atoms with Gasteiger partial charge in [-0.2, -0.15) is 4.99 Å². The van der Waals surface area contributed by atoms with E-state index in [0.717, 1.165) is 41.3 Å². The van der Waals surface area contributed by atoms with E-state index in [2.05, 4.69) is 31.1 Å². The summed E-state index contributed by atoms with van der Waals surface area (Å²) in [5.74, 6) is -0.352. The van der Waals surface area contributed by atoms with Crippen molar-refractivity contribution in [2.24, 2.45) is 4.99 Å². The first-order chi connectivity index (χ1) is 11.1. The molecule has 0 aromatic heterocycles. The number of hydrogen-bond donors (Lipinski definition) is 1. The van der Waals surface area contributed by atoms with Crippen LogP contribution in [0, 0.1) is 0 Å². The van der Waals surface area contributed by atoms with Crippen LogP contribution in [0.2, 0.25) is 0 Å². The molecule has 122 valence electrons. The second kappa shape index (κ2) is 7.49. The first kappa shape index (κ1) is 16.5. The molecule has 0 bridgehead atoms. The van der Waals surface area contributed by atoms with Crippen molar-refractivity contribution in [3.8, 4) is 0 Å². The Morgan fingerprint density at radius 2 is 1.96 bits per heavy atom. The lowest BCUT2D eigenvalue weighted by Gasteiger charge is -2.27. The highest BCUT2D eigenvalue weighted by atomic mass is 79.9. The summed E-state index contributed by atoms with van der Waals surface area (Å²) < 4.78 is 0.955. The molecule has 1 atom stereocenters. The normalized spacial score (nSPS) is 21.3. The lowest BCUT2D eigenvalue weighted by molar-refractivity contribution is -0.121. The Bertz CT molecular complexity index is 627. The Morgan fingerprint density at radius 1 is 1.26 bits per heavy atom. The number of carbonyl (C=O) groups excluding carboxylic acids is 2. The Kier molecular flexibility index (Phi) is 5.38. The van der Waals surface area contributed by atoms with E-state index in [1.54, 1.807) is 0 Å². The Labute approximate surface area is 148 Å². The number of halogens is 1. The average Bonchev–Trinajstić information content (AvgIpc) is 2.91. The van der Waals surface area contributed by atoms with E-state index in [0.29, 0.717) is 0 Å². The van der Waals surface area contributed by atoms with Crippen LogP contribution in [0.5, 0.6) is 0 Å². The van der Waals surface area contributed by atoms with Crippen molar-refractivity contribution in [2.45, 2.75) is 30.9 Å². The van der Waals surface area contributed by atoms with E-state index in [-0.39, 0.29) is 18.2 Å². The molecular formula is C16H18BrN3O2S. The first-order valence-electron chi connectivity index (χ1n) is 7.71. The van der Waals surface area contributed by atoms with E-state index in [1.807, 2.05) is 24.3 Å². The molecule has 1 aromatic carbocycles. The molecule has 2 aliphatic rings. The molecule has 0 radical (unpaired) electrons. The fraction of sp³-hybridized carbons (Fsp3) is 0.438. The molecular weight excluding hydrogens is 378 g/mol. The summed E-state index contributed by atoms with van der Waals surface area (Å²) in [7, 11) is 0. The third kappa shape index (κ3) is 4.35. The largest absolute Gasteiger partial charge is 0.351 e. The van der Waals surface area contributed by atoms with Crippen molar-refractivity contribution in [3.05, 3.63) is 28.7 Å². The van der Waals surface area contributed by atoms with Gasteiger partial charge in [0.05, 0.1) is 0 Å². The van der Waals surface area contributed by atoms with Gasteiger partial charge in [-0.3, -0.25) is 9.59 Å². The molecule has 0 saturated carbocycles. The SMILES string of the molecule is O=C(CC1SC(N2CCCCC2)=NC1=O)Nc1ccc(Br)cc1. The number of aliphatic imine (C=N–C) groups is 1. The predicted molar refractivity (Wildman–Crippen MR) is 96.6 cm³/mol. The average molecular weight is 396 g/mol. The number of carbonyl (C=O) groups is 2. The van der Waals surface area contributed by atoms with Crippen LogP contribution in [0.15, 0.2) is 33.7 Å². The van der Waals surface area contributed by atoms with Crippen LogP contribution in [0.4, 0.5) is 5.69 Å². The van der Waals surface area contributed by atoms with Crippen LogP contribution < -0.4 is 5.32 Å². The summed E-state index contributed by atoms with van der Waals surface area (Å²) in [5, 5.41) is 3.21. The number of piperidine rings is 1. The fourth-order valence-corrected chi connectivity index (χ4v) is 4.02. The molecule has 3 rings (SSSR count). The molecule has 1 fully saturated rings. The molecule has 7 heteroatoms. The van der Waals surface area contributed by atoms with Crippen molar-refractivity contribution < 1.29 is 9.59 Å². The quantitative estimate of drug-likeness (QED) is 0.852. The van der Waals surface area contributed by atoms with Gasteiger partial charge in [0.2, 0.25) is 5.91 Å². The van der Waals surface area contributed by atoms with Gasteiger partial charge in [0, 0.05) is 29.7 Å². The molecule has 1 aromatic rings. The number of likely N-dealkylation sites (tertiary alicyclic amines) is 1. The lowest BCUT2D eigenvalue weighted by Crippen LogP contribution is -2.33. The summed E-state index contributed by atoms with van der Waals surface area (Å²) in [5.41, 5.74) is 0.728. The monoisotopic (exact) mass is 395 g/mol. The molecule has 2 heterocycles. The third-order valence-corrected chi connectivity index (χ3v) is 5.60. The number of benzene rings is 1. The zero-order valence-corrected chi connectivity index (χ0v) is 15.0. The van der Waals surface area contributed by atoms with Gasteiger partial charge in [0.1, 0.15) is 5.25 Å². The van der Waals surface area contributed by atoms with Crippen molar-refractivity contribution in [1.82, 2.24) is 4.90 Å². The zero-order valence-electron chi connectivity index (χ0n) is 12.6. The maximum absolute atomic E-state index is 12.1. The van der Waals surface area contributed by atoms with Gasteiger partial charge in [-0.1, -0.05) is 27.7 Å². The van der Waals surface area contributed by atoms with Crippen molar-refractivity contribution >= 4 is 50.4 Å². The highest BCUT2D eigenvalue weighted by Gasteiger charge is 2.33. The maximum Gasteiger partial charge on any atom is 0.262 e. The molecule has 2 amide bonds. The van der Waals surface area contributed by atoms with Crippen LogP contribution in [-0.2, 0) is 9.59 Å². The Hall–Kier alpha value is -1.34. The molecule has 5 nitrogen and oxygen atoms in total. The van der Waals surface area contributed by atoms with E-state index in [4.69, 9.17) is 0 Å². The second-order valence-electron chi connectivity index (χ2n) is 5.65. The summed E-state index contributed by atoms with van der Waals surface area (Å²) in [6.45, 7) is 1.91. The van der Waals surface area contributed by atoms with Gasteiger partial charge < -0.3 is 10.2 Å². The van der Waals surface area contributed by atoms with Crippen molar-refractivity contribution in [1.29, 1.82) is 0 Å². The van der Waals surface area contributed by atoms with Gasteiger partial charge in [0.15, 0.2) is 5.17 Å². The van der Waals surface area contributed by atoms with Crippen LogP contribution >= 0.6 is 27.7 Å². The zero-order chi connectivity index (χ0) is 16.2. The van der Waals surface area contributed by atoms with Gasteiger partial charge in [-0.05, 0) is 43.5 Å². The number of thioether (sulfide) groups is 1. The smallest absolute Gasteiger partial charge is 0.262 e. The molecule has 1 saturated heterocycles. The van der Waals surface area contributed by atoms with E-state index in [9.17, 15) is 9.59 Å². The highest BCUT2D eigenvalue weighted by molar-refractivity contribution is 9.10. The van der Waals surface area contributed by atoms with E-state index >= 15 is 0 Å². The molecule has 1 N–H and O–H groups in total. The minimum Gasteiger partial charge on any atom is -0.351 e. The van der Waals surface area contributed by atoms with Crippen LogP contribution in [0.25, 0.3) is 0 Å². The summed E-state index contributed by atoms with van der Waals surface area (Å²) in [4.78, 5) is 30.5. The predicted octanol–water partition coefficient (Wildman–Crippen LogP) is 3.26. The molecule has 1 unspecified atom stereocenters. The van der Waals surface area contributed by atoms with Gasteiger partial charge in [-0.25, -0.2) is 0 Å². The fourth-order valence-electron chi connectivity index (χ4n) is 2.64. The molecule has 23 heavy (non-hydrogen) atoms. The minimum atomic E-state index is -0.401. The second-order valence-corrected chi connectivity index (χ2v) is 7.73. The first-order valence-corrected chi connectivity index (χ1v) is 9.38. The number of rotatable bonds is 3. The van der Waals surface area contributed by atoms with Gasteiger partial charge in [0.25, 0.3) is 5.91 Å². The van der Waals surface area contributed by atoms with Crippen LogP contribution in [0.3, 0.4) is 0 Å². The summed E-state index contributed by atoms with van der Waals surface area (Å²) >= 11 is 4.78. The number of amidine groups is 1. The summed E-state index contributed by atoms with van der Waals surface area (Å²) in [6, 6.07) is 7.37. The minimum absolute atomic E-state index is 0.153. The standard InChI is InChI=1S/C16H18BrN3O2S/c17-11-4-6-12(7-5-11)18-14(21)10-13-15(22)19-16(23-13)20-8-2-1-3-9-20/h4-7,13H,1-3,8-10H2,(H,18,21). The number of nitrogens with zero attached hydrogens (tertiary/aromatic N) is 2. The number of amides is 2. The Balaban J connectivity index is 1.53. The van der Waals surface area contributed by atoms with Crippen molar-refractivity contribution in [3.63, 3.8) is 0 Å². The Morgan fingerprint density at radius 3 is 2.65 bits per heavy atom. The number of nitrogens with one attached hydrogen (secondary N) is 1. The molecule has 0 aliphatic carbocycles. The number of hydrogen-bond acceptors (Lipinski definition) is 4. The molecule has 0 spiro atoms. The third-order valence-electron chi connectivity index (χ3n) is 3.85. The van der Waals surface area contributed by atoms with E-state index in [1.165, 1.54) is 18.2 Å². The maximum atomic E-state index is 12.1. The lowest BCUT2D eigenvalue weighted by atomic mass is 10.1. The van der Waals surface area contributed by atoms with E-state index < -0.39 is 5.25 Å². The highest BCUT2D eigenvalue weighted by Crippen LogP contribution is 2.29. The number of anilines is 1.